The average Bonchev–Trinajstić information content (AvgIpc) is 3.16. The van der Waals surface area contributed by atoms with Crippen molar-refractivity contribution >= 4 is 16.5 Å². The molecule has 26 heavy (non-hydrogen) atoms. The van der Waals surface area contributed by atoms with Crippen LogP contribution in [0.25, 0.3) is 16.5 Å². The molecule has 1 aliphatic heterocycles. The molecule has 2 heteroatoms. The van der Waals surface area contributed by atoms with E-state index in [1.807, 2.05) is 6.20 Å². The summed E-state index contributed by atoms with van der Waals surface area (Å²) >= 11 is 0. The Kier molecular flexibility index (Phi) is 5.21. The molecule has 4 rings (SSSR count). The number of nitrogens with zero attached hydrogens (tertiary/aromatic N) is 1. The third kappa shape index (κ3) is 3.76. The van der Waals surface area contributed by atoms with Crippen molar-refractivity contribution < 1.29 is 0 Å². The molecule has 0 unspecified atom stereocenters. The SMILES string of the molecule is Cc1ccccc1C1=CCN(CCCCc2cccc3[nH]ccc23)CC1. The standard InChI is InChI=1S/C24H28N2/c1-19-7-2-3-10-22(19)21-13-17-26(18-14-21)16-5-4-8-20-9-6-11-24-23(20)12-15-25-24/h2-3,6-7,9-13,15,25H,4-5,8,14,16-18H2,1H3. The first-order valence-electron chi connectivity index (χ1n) is 9.83. The van der Waals surface area contributed by atoms with Crippen LogP contribution in [-0.4, -0.2) is 29.5 Å². The van der Waals surface area contributed by atoms with E-state index in [1.165, 1.54) is 71.9 Å². The maximum Gasteiger partial charge on any atom is 0.0456 e. The van der Waals surface area contributed by atoms with Crippen molar-refractivity contribution in [2.45, 2.75) is 32.6 Å². The Morgan fingerprint density at radius 3 is 2.77 bits per heavy atom. The Morgan fingerprint density at radius 2 is 1.92 bits per heavy atom. The third-order valence-corrected chi connectivity index (χ3v) is 5.64. The van der Waals surface area contributed by atoms with Gasteiger partial charge in [0.1, 0.15) is 0 Å². The summed E-state index contributed by atoms with van der Waals surface area (Å²) in [6.45, 7) is 5.71. The smallest absolute Gasteiger partial charge is 0.0456 e. The van der Waals surface area contributed by atoms with E-state index in [2.05, 4.69) is 71.4 Å². The number of aromatic nitrogens is 1. The van der Waals surface area contributed by atoms with E-state index in [0.29, 0.717) is 0 Å². The lowest BCUT2D eigenvalue weighted by Gasteiger charge is -2.27. The molecule has 0 fully saturated rings. The van der Waals surface area contributed by atoms with Crippen LogP contribution in [0.2, 0.25) is 0 Å². The molecule has 0 saturated heterocycles. The second kappa shape index (κ2) is 7.92. The Labute approximate surface area is 156 Å². The van der Waals surface area contributed by atoms with Crippen LogP contribution in [0.5, 0.6) is 0 Å². The first-order valence-corrected chi connectivity index (χ1v) is 9.83. The Morgan fingerprint density at radius 1 is 1.00 bits per heavy atom. The second-order valence-electron chi connectivity index (χ2n) is 7.41. The van der Waals surface area contributed by atoms with Gasteiger partial charge in [0.15, 0.2) is 0 Å². The van der Waals surface area contributed by atoms with E-state index in [9.17, 15) is 0 Å². The van der Waals surface area contributed by atoms with Crippen LogP contribution in [0.1, 0.15) is 36.0 Å². The van der Waals surface area contributed by atoms with E-state index in [1.54, 1.807) is 0 Å². The molecule has 3 aromatic rings. The number of aromatic amines is 1. The quantitative estimate of drug-likeness (QED) is 0.578. The molecule has 1 aliphatic rings. The second-order valence-corrected chi connectivity index (χ2v) is 7.41. The topological polar surface area (TPSA) is 19.0 Å². The van der Waals surface area contributed by atoms with Gasteiger partial charge in [-0.15, -0.1) is 0 Å². The number of hydrogen-bond acceptors (Lipinski definition) is 1. The molecule has 0 spiro atoms. The Bertz CT molecular complexity index is 903. The van der Waals surface area contributed by atoms with Crippen LogP contribution in [0, 0.1) is 6.92 Å². The van der Waals surface area contributed by atoms with Gasteiger partial charge in [-0.25, -0.2) is 0 Å². The van der Waals surface area contributed by atoms with Crippen molar-refractivity contribution in [2.75, 3.05) is 19.6 Å². The number of fused-ring (bicyclic) bond motifs is 1. The number of H-pyrrole nitrogens is 1. The lowest BCUT2D eigenvalue weighted by Crippen LogP contribution is -2.29. The molecule has 0 amide bonds. The van der Waals surface area contributed by atoms with E-state index < -0.39 is 0 Å². The molecule has 0 radical (unpaired) electrons. The van der Waals surface area contributed by atoms with Crippen molar-refractivity contribution in [1.29, 1.82) is 0 Å². The molecule has 0 bridgehead atoms. The van der Waals surface area contributed by atoms with Crippen molar-refractivity contribution in [3.8, 4) is 0 Å². The summed E-state index contributed by atoms with van der Waals surface area (Å²) < 4.78 is 0. The van der Waals surface area contributed by atoms with Gasteiger partial charge in [0.05, 0.1) is 0 Å². The molecule has 1 aromatic heterocycles. The molecule has 2 nitrogen and oxygen atoms in total. The van der Waals surface area contributed by atoms with E-state index >= 15 is 0 Å². The summed E-state index contributed by atoms with van der Waals surface area (Å²) in [5.74, 6) is 0. The van der Waals surface area contributed by atoms with E-state index in [0.717, 1.165) is 6.54 Å². The highest BCUT2D eigenvalue weighted by Crippen LogP contribution is 2.25. The zero-order valence-electron chi connectivity index (χ0n) is 15.7. The summed E-state index contributed by atoms with van der Waals surface area (Å²) in [6, 6.07) is 17.6. The summed E-state index contributed by atoms with van der Waals surface area (Å²) in [5, 5.41) is 1.39. The van der Waals surface area contributed by atoms with Gasteiger partial charge in [-0.2, -0.15) is 0 Å². The van der Waals surface area contributed by atoms with Crippen LogP contribution in [0.3, 0.4) is 0 Å². The molecule has 1 N–H and O–H groups in total. The Hall–Kier alpha value is -2.32. The fourth-order valence-corrected chi connectivity index (χ4v) is 4.11. The highest BCUT2D eigenvalue weighted by atomic mass is 15.1. The van der Waals surface area contributed by atoms with E-state index in [-0.39, 0.29) is 0 Å². The lowest BCUT2D eigenvalue weighted by molar-refractivity contribution is 0.295. The zero-order chi connectivity index (χ0) is 17.8. The summed E-state index contributed by atoms with van der Waals surface area (Å²) in [7, 11) is 0. The van der Waals surface area contributed by atoms with Gasteiger partial charge < -0.3 is 4.98 Å². The summed E-state index contributed by atoms with van der Waals surface area (Å²) in [5.41, 5.74) is 7.09. The van der Waals surface area contributed by atoms with Crippen LogP contribution in [0.4, 0.5) is 0 Å². The predicted octanol–water partition coefficient (Wildman–Crippen LogP) is 5.59. The first-order chi connectivity index (χ1) is 12.8. The number of nitrogens with one attached hydrogen (secondary N) is 1. The van der Waals surface area contributed by atoms with Crippen LogP contribution < -0.4 is 0 Å². The maximum absolute atomic E-state index is 3.31. The van der Waals surface area contributed by atoms with Crippen LogP contribution in [-0.2, 0) is 6.42 Å². The van der Waals surface area contributed by atoms with Crippen molar-refractivity contribution in [1.82, 2.24) is 9.88 Å². The zero-order valence-corrected chi connectivity index (χ0v) is 15.7. The molecule has 0 aliphatic carbocycles. The largest absolute Gasteiger partial charge is 0.361 e. The fourth-order valence-electron chi connectivity index (χ4n) is 4.11. The highest BCUT2D eigenvalue weighted by molar-refractivity contribution is 5.82. The fraction of sp³-hybridized carbons (Fsp3) is 0.333. The number of unbranched alkanes of at least 4 members (excludes halogenated alkanes) is 1. The normalized spacial score (nSPS) is 15.3. The number of benzene rings is 2. The first kappa shape index (κ1) is 17.1. The van der Waals surface area contributed by atoms with Crippen molar-refractivity contribution in [3.05, 3.63) is 77.5 Å². The molecular formula is C24H28N2. The van der Waals surface area contributed by atoms with E-state index in [4.69, 9.17) is 0 Å². The van der Waals surface area contributed by atoms with Gasteiger partial charge in [0, 0.05) is 30.2 Å². The molecule has 2 aromatic carbocycles. The number of aryl methyl sites for hydroxylation is 2. The lowest BCUT2D eigenvalue weighted by atomic mass is 9.95. The van der Waals surface area contributed by atoms with Gasteiger partial charge in [0.2, 0.25) is 0 Å². The van der Waals surface area contributed by atoms with Crippen molar-refractivity contribution in [3.63, 3.8) is 0 Å². The molecule has 0 atom stereocenters. The van der Waals surface area contributed by atoms with Crippen LogP contribution >= 0.6 is 0 Å². The van der Waals surface area contributed by atoms with Gasteiger partial charge in [-0.3, -0.25) is 4.90 Å². The molecular weight excluding hydrogens is 316 g/mol. The predicted molar refractivity (Wildman–Crippen MR) is 111 cm³/mol. The van der Waals surface area contributed by atoms with Gasteiger partial charge >= 0.3 is 0 Å². The monoisotopic (exact) mass is 344 g/mol. The molecule has 0 saturated carbocycles. The number of rotatable bonds is 6. The maximum atomic E-state index is 3.31. The highest BCUT2D eigenvalue weighted by Gasteiger charge is 2.13. The Balaban J connectivity index is 1.26. The van der Waals surface area contributed by atoms with Crippen LogP contribution in [0.15, 0.2) is 60.8 Å². The van der Waals surface area contributed by atoms with Gasteiger partial charge in [-0.05, 0) is 73.5 Å². The van der Waals surface area contributed by atoms with Gasteiger partial charge in [0.25, 0.3) is 0 Å². The summed E-state index contributed by atoms with van der Waals surface area (Å²) in [4.78, 5) is 5.90. The summed E-state index contributed by atoms with van der Waals surface area (Å²) in [6.07, 6.45) is 9.36. The minimum Gasteiger partial charge on any atom is -0.361 e. The van der Waals surface area contributed by atoms with Gasteiger partial charge in [-0.1, -0.05) is 42.5 Å². The molecule has 2 heterocycles. The minimum absolute atomic E-state index is 1.09. The molecule has 134 valence electrons. The van der Waals surface area contributed by atoms with Crippen molar-refractivity contribution in [2.24, 2.45) is 0 Å². The third-order valence-electron chi connectivity index (χ3n) is 5.64. The average molecular weight is 345 g/mol. The number of hydrogen-bond donors (Lipinski definition) is 1. The minimum atomic E-state index is 1.09.